The number of hydrogen-bond donors (Lipinski definition) is 1. The number of piperazine rings is 1. The molecule has 3 aromatic rings. The van der Waals surface area contributed by atoms with Crippen LogP contribution in [0, 0.1) is 13.8 Å². The average Bonchev–Trinajstić information content (AvgIpc) is 2.70. The molecule has 0 bridgehead atoms. The van der Waals surface area contributed by atoms with E-state index in [0.717, 1.165) is 48.4 Å². The fourth-order valence-corrected chi connectivity index (χ4v) is 3.85. The molecule has 156 valence electrons. The zero-order valence-corrected chi connectivity index (χ0v) is 17.5. The van der Waals surface area contributed by atoms with E-state index in [4.69, 9.17) is 4.42 Å². The minimum atomic E-state index is -0.311. The smallest absolute Gasteiger partial charge is 0.336 e. The second-order valence-corrected chi connectivity index (χ2v) is 8.06. The van der Waals surface area contributed by atoms with Crippen molar-refractivity contribution in [2.75, 3.05) is 38.0 Å². The van der Waals surface area contributed by atoms with Gasteiger partial charge in [0.05, 0.1) is 6.54 Å². The molecule has 1 aliphatic heterocycles. The Morgan fingerprint density at radius 2 is 1.60 bits per heavy atom. The van der Waals surface area contributed by atoms with Crippen LogP contribution in [0.4, 0.5) is 5.69 Å². The Morgan fingerprint density at radius 3 is 2.33 bits per heavy atom. The van der Waals surface area contributed by atoms with Crippen LogP contribution in [0.25, 0.3) is 11.0 Å². The highest BCUT2D eigenvalue weighted by molar-refractivity contribution is 5.92. The lowest BCUT2D eigenvalue weighted by atomic mass is 10.1. The molecule has 1 fully saturated rings. The topological polar surface area (TPSA) is 65.8 Å². The fourth-order valence-electron chi connectivity index (χ4n) is 3.85. The summed E-state index contributed by atoms with van der Waals surface area (Å²) < 4.78 is 5.36. The summed E-state index contributed by atoms with van der Waals surface area (Å²) in [4.78, 5) is 28.8. The van der Waals surface area contributed by atoms with Gasteiger partial charge in [0.2, 0.25) is 5.91 Å². The zero-order valence-electron chi connectivity index (χ0n) is 17.5. The number of amides is 1. The Bertz CT molecular complexity index is 1100. The molecule has 2 aromatic carbocycles. The highest BCUT2D eigenvalue weighted by Gasteiger charge is 2.20. The molecule has 2 heterocycles. The number of aryl methyl sites for hydroxylation is 2. The number of carbonyl (C=O) groups excluding carboxylic acids is 1. The number of benzene rings is 2. The van der Waals surface area contributed by atoms with Gasteiger partial charge in [-0.25, -0.2) is 4.79 Å². The van der Waals surface area contributed by atoms with Gasteiger partial charge in [-0.05, 0) is 43.2 Å². The Labute approximate surface area is 176 Å². The van der Waals surface area contributed by atoms with E-state index in [1.54, 1.807) is 6.07 Å². The monoisotopic (exact) mass is 405 g/mol. The number of anilines is 1. The first-order valence-corrected chi connectivity index (χ1v) is 10.3. The highest BCUT2D eigenvalue weighted by atomic mass is 16.4. The molecule has 1 saturated heterocycles. The van der Waals surface area contributed by atoms with Crippen molar-refractivity contribution in [3.05, 3.63) is 75.6 Å². The number of rotatable bonds is 5. The summed E-state index contributed by atoms with van der Waals surface area (Å²) in [6.45, 7) is 8.45. The lowest BCUT2D eigenvalue weighted by Crippen LogP contribution is -2.48. The lowest BCUT2D eigenvalue weighted by Gasteiger charge is -2.34. The van der Waals surface area contributed by atoms with Gasteiger partial charge in [-0.2, -0.15) is 0 Å². The van der Waals surface area contributed by atoms with Crippen LogP contribution in [0.1, 0.15) is 16.7 Å². The van der Waals surface area contributed by atoms with E-state index in [-0.39, 0.29) is 11.5 Å². The molecule has 1 aliphatic rings. The first kappa shape index (κ1) is 20.3. The van der Waals surface area contributed by atoms with E-state index < -0.39 is 0 Å². The molecule has 1 aromatic heterocycles. The maximum Gasteiger partial charge on any atom is 0.336 e. The van der Waals surface area contributed by atoms with Crippen LogP contribution in [0.5, 0.6) is 0 Å². The third kappa shape index (κ3) is 4.96. The average molecular weight is 405 g/mol. The van der Waals surface area contributed by atoms with Crippen LogP contribution in [-0.2, 0) is 11.3 Å². The van der Waals surface area contributed by atoms with Crippen molar-refractivity contribution < 1.29 is 9.21 Å². The van der Waals surface area contributed by atoms with Gasteiger partial charge in [0.25, 0.3) is 0 Å². The van der Waals surface area contributed by atoms with Crippen molar-refractivity contribution in [2.45, 2.75) is 20.4 Å². The standard InChI is InChI=1S/C24H27N3O3/c1-17-3-6-20(7-4-17)25-23(28)16-27-11-9-26(10-12-27)15-19-14-24(29)30-22-13-18(2)5-8-21(19)22/h3-8,13-14H,9-12,15-16H2,1-2H3,(H,25,28). The van der Waals surface area contributed by atoms with Gasteiger partial charge < -0.3 is 9.73 Å². The molecular weight excluding hydrogens is 378 g/mol. The maximum absolute atomic E-state index is 12.3. The molecule has 4 rings (SSSR count). The van der Waals surface area contributed by atoms with Gasteiger partial charge >= 0.3 is 5.63 Å². The minimum absolute atomic E-state index is 0.00864. The summed E-state index contributed by atoms with van der Waals surface area (Å²) in [5.41, 5.74) is 4.39. The molecule has 0 saturated carbocycles. The Morgan fingerprint density at radius 1 is 0.933 bits per heavy atom. The molecular formula is C24H27N3O3. The second-order valence-electron chi connectivity index (χ2n) is 8.06. The zero-order chi connectivity index (χ0) is 21.1. The largest absolute Gasteiger partial charge is 0.423 e. The predicted octanol–water partition coefficient (Wildman–Crippen LogP) is 3.17. The van der Waals surface area contributed by atoms with Crippen molar-refractivity contribution in [3.8, 4) is 0 Å². The molecule has 6 nitrogen and oxygen atoms in total. The van der Waals surface area contributed by atoms with Crippen LogP contribution in [0.15, 0.2) is 57.7 Å². The fraction of sp³-hybridized carbons (Fsp3) is 0.333. The molecule has 0 unspecified atom stereocenters. The third-order valence-electron chi connectivity index (χ3n) is 5.55. The van der Waals surface area contributed by atoms with Crippen molar-refractivity contribution in [1.82, 2.24) is 9.80 Å². The van der Waals surface area contributed by atoms with E-state index in [1.807, 2.05) is 56.3 Å². The number of carbonyl (C=O) groups is 1. The molecule has 6 heteroatoms. The van der Waals surface area contributed by atoms with E-state index in [0.29, 0.717) is 18.7 Å². The van der Waals surface area contributed by atoms with Gasteiger partial charge in [-0.1, -0.05) is 29.8 Å². The van der Waals surface area contributed by atoms with Crippen molar-refractivity contribution in [1.29, 1.82) is 0 Å². The number of nitrogens with zero attached hydrogens (tertiary/aromatic N) is 2. The molecule has 1 N–H and O–H groups in total. The van der Waals surface area contributed by atoms with Crippen LogP contribution in [0.2, 0.25) is 0 Å². The first-order valence-electron chi connectivity index (χ1n) is 10.3. The van der Waals surface area contributed by atoms with Crippen LogP contribution in [-0.4, -0.2) is 48.4 Å². The molecule has 0 atom stereocenters. The molecule has 0 aliphatic carbocycles. The first-order chi connectivity index (χ1) is 14.5. The summed E-state index contributed by atoms with van der Waals surface area (Å²) in [5, 5.41) is 3.95. The van der Waals surface area contributed by atoms with E-state index >= 15 is 0 Å². The van der Waals surface area contributed by atoms with Crippen molar-refractivity contribution in [3.63, 3.8) is 0 Å². The van der Waals surface area contributed by atoms with Crippen LogP contribution >= 0.6 is 0 Å². The number of hydrogen-bond acceptors (Lipinski definition) is 5. The van der Waals surface area contributed by atoms with E-state index in [1.165, 1.54) is 5.56 Å². The summed E-state index contributed by atoms with van der Waals surface area (Å²) in [6, 6.07) is 15.4. The lowest BCUT2D eigenvalue weighted by molar-refractivity contribution is -0.117. The number of fused-ring (bicyclic) bond motifs is 1. The molecule has 1 amide bonds. The predicted molar refractivity (Wildman–Crippen MR) is 119 cm³/mol. The summed E-state index contributed by atoms with van der Waals surface area (Å²) >= 11 is 0. The van der Waals surface area contributed by atoms with Gasteiger partial charge in [-0.15, -0.1) is 0 Å². The van der Waals surface area contributed by atoms with Crippen LogP contribution in [0.3, 0.4) is 0 Å². The van der Waals surface area contributed by atoms with E-state index in [2.05, 4.69) is 15.1 Å². The SMILES string of the molecule is Cc1ccc(NC(=O)CN2CCN(Cc3cc(=O)oc4cc(C)ccc34)CC2)cc1. The molecule has 0 spiro atoms. The molecule has 30 heavy (non-hydrogen) atoms. The highest BCUT2D eigenvalue weighted by Crippen LogP contribution is 2.20. The summed E-state index contributed by atoms with van der Waals surface area (Å²) in [5.74, 6) is 0.00864. The van der Waals surface area contributed by atoms with Crippen molar-refractivity contribution >= 4 is 22.6 Å². The molecule has 0 radical (unpaired) electrons. The normalized spacial score (nSPS) is 15.4. The minimum Gasteiger partial charge on any atom is -0.423 e. The van der Waals surface area contributed by atoms with Gasteiger partial charge in [0.1, 0.15) is 5.58 Å². The summed E-state index contributed by atoms with van der Waals surface area (Å²) in [7, 11) is 0. The Balaban J connectivity index is 1.33. The van der Waals surface area contributed by atoms with Crippen LogP contribution < -0.4 is 10.9 Å². The second kappa shape index (κ2) is 8.81. The van der Waals surface area contributed by atoms with E-state index in [9.17, 15) is 9.59 Å². The quantitative estimate of drug-likeness (QED) is 0.661. The summed E-state index contributed by atoms with van der Waals surface area (Å²) in [6.07, 6.45) is 0. The van der Waals surface area contributed by atoms with Gasteiger partial charge in [-0.3, -0.25) is 14.6 Å². The third-order valence-corrected chi connectivity index (χ3v) is 5.55. The van der Waals surface area contributed by atoms with Crippen molar-refractivity contribution in [2.24, 2.45) is 0 Å². The maximum atomic E-state index is 12.3. The van der Waals surface area contributed by atoms with Gasteiger partial charge in [0.15, 0.2) is 0 Å². The number of nitrogens with one attached hydrogen (secondary N) is 1. The Hall–Kier alpha value is -2.96. The Kier molecular flexibility index (Phi) is 5.97. The van der Waals surface area contributed by atoms with Gasteiger partial charge in [0, 0.05) is 49.9 Å².